The highest BCUT2D eigenvalue weighted by Crippen LogP contribution is 2.16. The van der Waals surface area contributed by atoms with Crippen molar-refractivity contribution in [3.05, 3.63) is 75.8 Å². The van der Waals surface area contributed by atoms with Gasteiger partial charge < -0.3 is 9.47 Å². The number of pyridine rings is 1. The number of esters is 1. The summed E-state index contributed by atoms with van der Waals surface area (Å²) in [6, 6.07) is 12.4. The lowest BCUT2D eigenvalue weighted by Gasteiger charge is -2.09. The Morgan fingerprint density at radius 2 is 1.88 bits per heavy atom. The van der Waals surface area contributed by atoms with Crippen LogP contribution in [0, 0.1) is 13.8 Å². The number of carbonyl (C=O) groups is 1. The largest absolute Gasteiger partial charge is 0.482 e. The van der Waals surface area contributed by atoms with Crippen molar-refractivity contribution in [2.24, 2.45) is 0 Å². The molecule has 2 heterocycles. The molecule has 0 aliphatic rings. The molecular formula is C19H18N2O4. The third kappa shape index (κ3) is 3.85. The van der Waals surface area contributed by atoms with Crippen LogP contribution in [0.2, 0.25) is 0 Å². The van der Waals surface area contributed by atoms with E-state index in [9.17, 15) is 9.59 Å². The van der Waals surface area contributed by atoms with Gasteiger partial charge in [0.25, 0.3) is 5.56 Å². The number of rotatable bonds is 5. The molecule has 128 valence electrons. The van der Waals surface area contributed by atoms with E-state index in [4.69, 9.17) is 9.47 Å². The fraction of sp³-hybridized carbons (Fsp3) is 0.211. The van der Waals surface area contributed by atoms with E-state index in [1.165, 1.54) is 10.5 Å². The molecule has 0 amide bonds. The van der Waals surface area contributed by atoms with Crippen molar-refractivity contribution in [2.75, 3.05) is 6.61 Å². The summed E-state index contributed by atoms with van der Waals surface area (Å²) in [5, 5.41) is 0. The van der Waals surface area contributed by atoms with Crippen LogP contribution in [-0.4, -0.2) is 22.0 Å². The molecule has 0 bridgehead atoms. The Labute approximate surface area is 144 Å². The highest BCUT2D eigenvalue weighted by Gasteiger charge is 2.09. The Morgan fingerprint density at radius 3 is 2.68 bits per heavy atom. The summed E-state index contributed by atoms with van der Waals surface area (Å²) < 4.78 is 12.1. The molecule has 1 aromatic carbocycles. The lowest BCUT2D eigenvalue weighted by atomic mass is 10.2. The Morgan fingerprint density at radius 1 is 1.12 bits per heavy atom. The van der Waals surface area contributed by atoms with E-state index < -0.39 is 5.97 Å². The van der Waals surface area contributed by atoms with E-state index in [0.717, 1.165) is 11.1 Å². The number of para-hydroxylation sites is 1. The predicted octanol–water partition coefficient (Wildman–Crippen LogP) is 2.43. The zero-order valence-corrected chi connectivity index (χ0v) is 14.1. The van der Waals surface area contributed by atoms with Gasteiger partial charge in [0.2, 0.25) is 0 Å². The van der Waals surface area contributed by atoms with Gasteiger partial charge in [0.15, 0.2) is 6.61 Å². The molecule has 3 rings (SSSR count). The SMILES string of the molecule is Cc1ccccc1OCC(=O)OCc1cc(=O)n2cccc(C)c2n1. The average Bonchev–Trinajstić information content (AvgIpc) is 2.60. The topological polar surface area (TPSA) is 69.9 Å². The van der Waals surface area contributed by atoms with Crippen LogP contribution in [0.4, 0.5) is 0 Å². The molecule has 0 saturated carbocycles. The van der Waals surface area contributed by atoms with Gasteiger partial charge in [-0.2, -0.15) is 0 Å². The lowest BCUT2D eigenvalue weighted by molar-refractivity contribution is -0.147. The lowest BCUT2D eigenvalue weighted by Crippen LogP contribution is -2.19. The normalized spacial score (nSPS) is 10.6. The standard InChI is InChI=1S/C19H18N2O4/c1-13-6-3-4-8-16(13)24-12-18(23)25-11-15-10-17(22)21-9-5-7-14(2)19(21)20-15/h3-10H,11-12H2,1-2H3. The molecule has 6 heteroatoms. The molecule has 0 unspecified atom stereocenters. The van der Waals surface area contributed by atoms with Crippen molar-refractivity contribution in [1.82, 2.24) is 9.38 Å². The van der Waals surface area contributed by atoms with E-state index >= 15 is 0 Å². The average molecular weight is 338 g/mol. The Hall–Kier alpha value is -3.15. The van der Waals surface area contributed by atoms with E-state index in [1.54, 1.807) is 18.3 Å². The zero-order valence-electron chi connectivity index (χ0n) is 14.1. The molecule has 6 nitrogen and oxygen atoms in total. The molecule has 0 radical (unpaired) electrons. The first-order valence-corrected chi connectivity index (χ1v) is 7.86. The van der Waals surface area contributed by atoms with Gasteiger partial charge in [0.05, 0.1) is 5.69 Å². The van der Waals surface area contributed by atoms with E-state index in [-0.39, 0.29) is 18.8 Å². The Balaban J connectivity index is 1.64. The molecule has 25 heavy (non-hydrogen) atoms. The fourth-order valence-electron chi connectivity index (χ4n) is 2.43. The second kappa shape index (κ2) is 7.17. The highest BCUT2D eigenvalue weighted by molar-refractivity contribution is 5.71. The minimum Gasteiger partial charge on any atom is -0.482 e. The summed E-state index contributed by atoms with van der Waals surface area (Å²) in [7, 11) is 0. The van der Waals surface area contributed by atoms with Crippen molar-refractivity contribution in [2.45, 2.75) is 20.5 Å². The van der Waals surface area contributed by atoms with Crippen LogP contribution < -0.4 is 10.3 Å². The number of nitrogens with zero attached hydrogens (tertiary/aromatic N) is 2. The fourth-order valence-corrected chi connectivity index (χ4v) is 2.43. The molecule has 3 aromatic rings. The minimum atomic E-state index is -0.518. The van der Waals surface area contributed by atoms with Crippen LogP contribution in [0.1, 0.15) is 16.8 Å². The molecular weight excluding hydrogens is 320 g/mol. The maximum atomic E-state index is 12.1. The third-order valence-corrected chi connectivity index (χ3v) is 3.76. The maximum Gasteiger partial charge on any atom is 0.344 e. The summed E-state index contributed by atoms with van der Waals surface area (Å²) in [6.45, 7) is 3.50. The maximum absolute atomic E-state index is 12.1. The van der Waals surface area contributed by atoms with Crippen LogP contribution in [0.5, 0.6) is 5.75 Å². The van der Waals surface area contributed by atoms with E-state index in [1.807, 2.05) is 38.1 Å². The Bertz CT molecular complexity index is 979. The van der Waals surface area contributed by atoms with Crippen LogP contribution in [0.25, 0.3) is 5.65 Å². The van der Waals surface area contributed by atoms with Crippen LogP contribution in [0.15, 0.2) is 53.5 Å². The highest BCUT2D eigenvalue weighted by atomic mass is 16.6. The first kappa shape index (κ1) is 16.7. The van der Waals surface area contributed by atoms with Crippen LogP contribution in [-0.2, 0) is 16.1 Å². The Kier molecular flexibility index (Phi) is 4.79. The van der Waals surface area contributed by atoms with Gasteiger partial charge in [0, 0.05) is 12.3 Å². The molecule has 0 atom stereocenters. The van der Waals surface area contributed by atoms with Gasteiger partial charge in [-0.05, 0) is 37.1 Å². The van der Waals surface area contributed by atoms with E-state index in [0.29, 0.717) is 17.1 Å². The second-order valence-electron chi connectivity index (χ2n) is 5.69. The third-order valence-electron chi connectivity index (χ3n) is 3.76. The second-order valence-corrected chi connectivity index (χ2v) is 5.69. The summed E-state index contributed by atoms with van der Waals surface area (Å²) in [5.41, 5.74) is 2.56. The molecule has 0 N–H and O–H groups in total. The molecule has 0 fully saturated rings. The van der Waals surface area contributed by atoms with Crippen molar-refractivity contribution in [3.63, 3.8) is 0 Å². The van der Waals surface area contributed by atoms with Gasteiger partial charge in [-0.3, -0.25) is 9.20 Å². The number of carbonyl (C=O) groups excluding carboxylic acids is 1. The van der Waals surface area contributed by atoms with Crippen molar-refractivity contribution >= 4 is 11.6 Å². The molecule has 0 aliphatic heterocycles. The monoisotopic (exact) mass is 338 g/mol. The first-order chi connectivity index (χ1) is 12.0. The van der Waals surface area contributed by atoms with Crippen LogP contribution in [0.3, 0.4) is 0 Å². The molecule has 0 saturated heterocycles. The number of aromatic nitrogens is 2. The minimum absolute atomic E-state index is 0.0734. The molecule has 0 aliphatic carbocycles. The van der Waals surface area contributed by atoms with Gasteiger partial charge in [-0.1, -0.05) is 24.3 Å². The summed E-state index contributed by atoms with van der Waals surface area (Å²) >= 11 is 0. The van der Waals surface area contributed by atoms with Gasteiger partial charge in [-0.25, -0.2) is 9.78 Å². The van der Waals surface area contributed by atoms with Crippen molar-refractivity contribution < 1.29 is 14.3 Å². The number of fused-ring (bicyclic) bond motifs is 1. The van der Waals surface area contributed by atoms with Gasteiger partial charge in [0.1, 0.15) is 18.0 Å². The molecule has 2 aromatic heterocycles. The summed E-state index contributed by atoms with van der Waals surface area (Å²) in [4.78, 5) is 28.3. The van der Waals surface area contributed by atoms with E-state index in [2.05, 4.69) is 4.98 Å². The number of aryl methyl sites for hydroxylation is 2. The number of benzene rings is 1. The number of hydrogen-bond acceptors (Lipinski definition) is 5. The quantitative estimate of drug-likeness (QED) is 0.668. The van der Waals surface area contributed by atoms with Crippen molar-refractivity contribution in [1.29, 1.82) is 0 Å². The van der Waals surface area contributed by atoms with Gasteiger partial charge >= 0.3 is 5.97 Å². The predicted molar refractivity (Wildman–Crippen MR) is 92.7 cm³/mol. The number of ether oxygens (including phenoxy) is 2. The van der Waals surface area contributed by atoms with Crippen molar-refractivity contribution in [3.8, 4) is 5.75 Å². The van der Waals surface area contributed by atoms with Gasteiger partial charge in [-0.15, -0.1) is 0 Å². The first-order valence-electron chi connectivity index (χ1n) is 7.86. The smallest absolute Gasteiger partial charge is 0.344 e. The zero-order chi connectivity index (χ0) is 17.8. The molecule has 0 spiro atoms. The summed E-state index contributed by atoms with van der Waals surface area (Å²) in [5.74, 6) is 0.118. The number of hydrogen-bond donors (Lipinski definition) is 0. The summed E-state index contributed by atoms with van der Waals surface area (Å²) in [6.07, 6.45) is 1.66. The van der Waals surface area contributed by atoms with Crippen LogP contribution >= 0.6 is 0 Å².